The van der Waals surface area contributed by atoms with Crippen molar-refractivity contribution in [2.24, 2.45) is 13.0 Å². The predicted octanol–water partition coefficient (Wildman–Crippen LogP) is 1.67. The lowest BCUT2D eigenvalue weighted by Gasteiger charge is -2.28. The number of carbonyl (C=O) groups excluding carboxylic acids is 2. The van der Waals surface area contributed by atoms with E-state index >= 15 is 0 Å². The van der Waals surface area contributed by atoms with Gasteiger partial charge in [0.15, 0.2) is 17.3 Å². The summed E-state index contributed by atoms with van der Waals surface area (Å²) in [7, 11) is 3.26. The van der Waals surface area contributed by atoms with Crippen molar-refractivity contribution >= 4 is 34.8 Å². The van der Waals surface area contributed by atoms with Gasteiger partial charge < -0.3 is 20.9 Å². The zero-order valence-corrected chi connectivity index (χ0v) is 17.3. The van der Waals surface area contributed by atoms with Gasteiger partial charge >= 0.3 is 0 Å². The Morgan fingerprint density at radius 3 is 2.91 bits per heavy atom. The lowest BCUT2D eigenvalue weighted by molar-refractivity contribution is -0.117. The fourth-order valence-electron chi connectivity index (χ4n) is 3.56. The van der Waals surface area contributed by atoms with Crippen molar-refractivity contribution in [1.29, 1.82) is 0 Å². The maximum absolute atomic E-state index is 12.7. The van der Waals surface area contributed by atoms with E-state index in [1.54, 1.807) is 26.4 Å². The molecule has 4 heterocycles. The molecule has 2 amide bonds. The molecule has 11 heteroatoms. The van der Waals surface area contributed by atoms with Crippen molar-refractivity contribution in [3.63, 3.8) is 0 Å². The molecule has 1 fully saturated rings. The summed E-state index contributed by atoms with van der Waals surface area (Å²) in [6.07, 6.45) is 4.66. The summed E-state index contributed by atoms with van der Waals surface area (Å²) in [5, 5.41) is 19.7. The van der Waals surface area contributed by atoms with Crippen LogP contribution in [0.1, 0.15) is 35.7 Å². The summed E-state index contributed by atoms with van der Waals surface area (Å²) in [6, 6.07) is 3.05. The van der Waals surface area contributed by atoms with Crippen molar-refractivity contribution in [1.82, 2.24) is 30.3 Å². The first kappa shape index (κ1) is 14.9. The molecule has 0 atom stereocenters. The molecule has 1 aliphatic carbocycles. The smallest absolute Gasteiger partial charge is 0.273 e. The summed E-state index contributed by atoms with van der Waals surface area (Å²) in [6.45, 7) is -4.71. The van der Waals surface area contributed by atoms with Gasteiger partial charge in [-0.05, 0) is 18.9 Å². The average Bonchev–Trinajstić information content (AvgIpc) is 3.58. The predicted molar refractivity (Wildman–Crippen MR) is 119 cm³/mol. The third kappa shape index (κ3) is 3.51. The van der Waals surface area contributed by atoms with Gasteiger partial charge in [0.1, 0.15) is 0 Å². The van der Waals surface area contributed by atoms with Gasteiger partial charge in [-0.3, -0.25) is 14.3 Å². The molecule has 164 valence electrons. The monoisotopic (exact) mass is 438 g/mol. The van der Waals surface area contributed by atoms with Crippen LogP contribution >= 0.6 is 0 Å². The highest BCUT2D eigenvalue weighted by Crippen LogP contribution is 2.42. The Balaban J connectivity index is 1.59. The molecule has 0 unspecified atom stereocenters. The number of aryl methyl sites for hydroxylation is 1. The van der Waals surface area contributed by atoms with E-state index in [0.29, 0.717) is 22.5 Å². The molecule has 1 aliphatic heterocycles. The molecule has 3 aromatic rings. The molecule has 0 bridgehead atoms. The van der Waals surface area contributed by atoms with Crippen LogP contribution < -0.4 is 20.9 Å². The molecular weight excluding hydrogens is 410 g/mol. The van der Waals surface area contributed by atoms with Crippen LogP contribution in [-0.4, -0.2) is 50.8 Å². The van der Waals surface area contributed by atoms with Crippen LogP contribution in [0, 0.1) is 5.92 Å². The third-order valence-electron chi connectivity index (χ3n) is 5.21. The van der Waals surface area contributed by atoms with Crippen molar-refractivity contribution in [2.75, 3.05) is 29.6 Å². The second kappa shape index (κ2) is 7.59. The van der Waals surface area contributed by atoms with Crippen LogP contribution in [0.15, 0.2) is 24.5 Å². The standard InChI is InChI=1S/C21H23N9O2/c1-22-21(32)17-14(8-15(26-27-17)25-20(31)11-4-5-11)24-19-18-13(6-7-23-19)16-12(9-29(18)2)10-30(3)28-16/h6-8,10-11H,4-5,9H2,1-3H3,(H,22,32)(H2,23,24,25,26,31)/i1D3,9D2. The van der Waals surface area contributed by atoms with Gasteiger partial charge in [-0.2, -0.15) is 5.10 Å². The summed E-state index contributed by atoms with van der Waals surface area (Å²) in [5.74, 6) is -1.13. The molecule has 11 nitrogen and oxygen atoms in total. The zero-order valence-electron chi connectivity index (χ0n) is 22.3. The van der Waals surface area contributed by atoms with E-state index in [9.17, 15) is 9.59 Å². The Kier molecular flexibility index (Phi) is 3.53. The number of carbonyl (C=O) groups is 2. The van der Waals surface area contributed by atoms with Gasteiger partial charge in [0.2, 0.25) is 5.91 Å². The highest BCUT2D eigenvalue weighted by molar-refractivity contribution is 6.00. The van der Waals surface area contributed by atoms with E-state index in [2.05, 4.69) is 30.9 Å². The Labute approximate surface area is 191 Å². The van der Waals surface area contributed by atoms with Crippen LogP contribution in [0.4, 0.5) is 23.0 Å². The van der Waals surface area contributed by atoms with E-state index in [1.165, 1.54) is 21.8 Å². The van der Waals surface area contributed by atoms with Crippen molar-refractivity contribution in [3.8, 4) is 11.3 Å². The summed E-state index contributed by atoms with van der Waals surface area (Å²) in [5.41, 5.74) is 1.46. The highest BCUT2D eigenvalue weighted by Gasteiger charge is 2.30. The number of pyridine rings is 1. The molecule has 1 saturated carbocycles. The molecule has 3 aromatic heterocycles. The molecular formula is C21H23N9O2. The molecule has 32 heavy (non-hydrogen) atoms. The van der Waals surface area contributed by atoms with Crippen LogP contribution in [0.2, 0.25) is 0 Å². The lowest BCUT2D eigenvalue weighted by Crippen LogP contribution is -2.24. The van der Waals surface area contributed by atoms with Gasteiger partial charge in [-0.15, -0.1) is 10.2 Å². The molecule has 0 spiro atoms. The van der Waals surface area contributed by atoms with Crippen LogP contribution in [-0.2, 0) is 18.3 Å². The van der Waals surface area contributed by atoms with Crippen LogP contribution in [0.25, 0.3) is 11.3 Å². The Hall–Kier alpha value is -4.02. The van der Waals surface area contributed by atoms with Gasteiger partial charge in [-0.25, -0.2) is 4.98 Å². The molecule has 3 N–H and O–H groups in total. The second-order valence-electron chi connectivity index (χ2n) is 7.63. The van der Waals surface area contributed by atoms with E-state index in [-0.39, 0.29) is 34.8 Å². The topological polar surface area (TPSA) is 130 Å². The minimum Gasteiger partial charge on any atom is -0.367 e. The Morgan fingerprint density at radius 1 is 1.28 bits per heavy atom. The minimum atomic E-state index is -2.77. The Bertz CT molecular complexity index is 1420. The molecule has 5 rings (SSSR count). The molecule has 2 aliphatic rings. The van der Waals surface area contributed by atoms with Crippen LogP contribution in [0.5, 0.6) is 0 Å². The van der Waals surface area contributed by atoms with E-state index < -0.39 is 19.4 Å². The average molecular weight is 439 g/mol. The quantitative estimate of drug-likeness (QED) is 0.549. The molecule has 0 radical (unpaired) electrons. The van der Waals surface area contributed by atoms with E-state index in [0.717, 1.165) is 12.8 Å². The second-order valence-corrected chi connectivity index (χ2v) is 7.63. The first-order valence-electron chi connectivity index (χ1n) is 12.4. The van der Waals surface area contributed by atoms with E-state index in [1.807, 2.05) is 5.32 Å². The number of anilines is 4. The Morgan fingerprint density at radius 2 is 2.12 bits per heavy atom. The number of aromatic nitrogens is 5. The van der Waals surface area contributed by atoms with E-state index in [4.69, 9.17) is 6.85 Å². The maximum Gasteiger partial charge on any atom is 0.273 e. The summed E-state index contributed by atoms with van der Waals surface area (Å²) < 4.78 is 41.0. The number of hydrogen-bond acceptors (Lipinski definition) is 8. The van der Waals surface area contributed by atoms with Crippen molar-refractivity contribution in [3.05, 3.63) is 35.8 Å². The van der Waals surface area contributed by atoms with Crippen LogP contribution in [0.3, 0.4) is 0 Å². The van der Waals surface area contributed by atoms with Gasteiger partial charge in [0, 0.05) is 67.2 Å². The lowest BCUT2D eigenvalue weighted by atomic mass is 10.0. The SMILES string of the molecule is [2H]C([2H])([2H])NC(=O)c1nnc(NC(=O)C2CC2)cc1Nc1nccc2c1N(C)C([2H])([2H])c1cn(C)nc1-2. The summed E-state index contributed by atoms with van der Waals surface area (Å²) >= 11 is 0. The molecule has 0 saturated heterocycles. The van der Waals surface area contributed by atoms with Gasteiger partial charge in [0.25, 0.3) is 5.91 Å². The first-order chi connectivity index (χ1) is 17.3. The maximum atomic E-state index is 12.7. The van der Waals surface area contributed by atoms with Gasteiger partial charge in [0.05, 0.1) is 19.8 Å². The normalized spacial score (nSPS) is 18.7. The number of fused-ring (bicyclic) bond motifs is 3. The first-order valence-corrected chi connectivity index (χ1v) is 9.90. The number of nitrogens with zero attached hydrogens (tertiary/aromatic N) is 6. The summed E-state index contributed by atoms with van der Waals surface area (Å²) in [4.78, 5) is 30.7. The zero-order chi connectivity index (χ0) is 26.7. The number of amides is 2. The third-order valence-corrected chi connectivity index (χ3v) is 5.21. The largest absolute Gasteiger partial charge is 0.367 e. The van der Waals surface area contributed by atoms with Crippen molar-refractivity contribution < 1.29 is 16.4 Å². The molecule has 0 aromatic carbocycles. The number of nitrogens with one attached hydrogen (secondary N) is 3. The fourth-order valence-corrected chi connectivity index (χ4v) is 3.56. The number of hydrogen-bond donors (Lipinski definition) is 3. The minimum absolute atomic E-state index is 0.0181. The fraction of sp³-hybridized carbons (Fsp3) is 0.333. The highest BCUT2D eigenvalue weighted by atomic mass is 16.2. The number of rotatable bonds is 5. The van der Waals surface area contributed by atoms with Gasteiger partial charge in [-0.1, -0.05) is 0 Å². The van der Waals surface area contributed by atoms with Crippen molar-refractivity contribution in [2.45, 2.75) is 19.3 Å².